The Balaban J connectivity index is 2.10. The quantitative estimate of drug-likeness (QED) is 0.836. The summed E-state index contributed by atoms with van der Waals surface area (Å²) < 4.78 is 28.6. The number of alkyl halides is 2. The third kappa shape index (κ3) is 2.87. The monoisotopic (exact) mass is 238 g/mol. The molecule has 0 aliphatic rings. The second-order valence-electron chi connectivity index (χ2n) is 3.22. The molecule has 88 valence electrons. The van der Waals surface area contributed by atoms with E-state index in [0.717, 1.165) is 6.08 Å². The summed E-state index contributed by atoms with van der Waals surface area (Å²) in [6.07, 6.45) is -0.0482. The number of carbonyl (C=O) groups is 1. The number of aromatic nitrogens is 1. The molecule has 1 heterocycles. The normalized spacial score (nSPS) is 11.5. The molecule has 1 aromatic carbocycles. The van der Waals surface area contributed by atoms with E-state index < -0.39 is 12.3 Å². The van der Waals surface area contributed by atoms with E-state index in [4.69, 9.17) is 4.42 Å². The van der Waals surface area contributed by atoms with Crippen LogP contribution in [0.3, 0.4) is 0 Å². The van der Waals surface area contributed by atoms with Crippen molar-refractivity contribution < 1.29 is 18.0 Å². The number of nitrogens with one attached hydrogen (secondary N) is 1. The largest absolute Gasteiger partial charge is 0.443 e. The van der Waals surface area contributed by atoms with Crippen LogP contribution in [0.15, 0.2) is 41.2 Å². The maximum Gasteiger partial charge on any atom is 0.257 e. The number of oxazole rings is 1. The molecule has 0 radical (unpaired) electrons. The van der Waals surface area contributed by atoms with Crippen molar-refractivity contribution in [1.29, 1.82) is 0 Å². The lowest BCUT2D eigenvalue weighted by molar-refractivity contribution is -0.112. The third-order valence-corrected chi connectivity index (χ3v) is 1.99. The first kappa shape index (κ1) is 11.3. The Hall–Kier alpha value is -2.24. The van der Waals surface area contributed by atoms with Gasteiger partial charge in [-0.15, -0.1) is 0 Å². The standard InChI is InChI=1S/C11H8F2N2O2/c12-10(13)3-4-11(16)15-7-1-2-9-8(5-7)14-6-17-9/h1-6,10H,(H,15,16)/b4-3+. The third-order valence-electron chi connectivity index (χ3n) is 1.99. The molecule has 0 saturated carbocycles. The number of hydrogen-bond donors (Lipinski definition) is 1. The first-order valence-corrected chi connectivity index (χ1v) is 4.76. The summed E-state index contributed by atoms with van der Waals surface area (Å²) in [7, 11) is 0. The number of rotatable bonds is 3. The summed E-state index contributed by atoms with van der Waals surface area (Å²) in [6.45, 7) is 0. The first-order valence-electron chi connectivity index (χ1n) is 4.76. The van der Waals surface area contributed by atoms with Crippen molar-refractivity contribution in [1.82, 2.24) is 4.98 Å². The minimum absolute atomic E-state index is 0.468. The van der Waals surface area contributed by atoms with Crippen molar-refractivity contribution in [3.8, 4) is 0 Å². The van der Waals surface area contributed by atoms with Crippen LogP contribution in [0.4, 0.5) is 14.5 Å². The Labute approximate surface area is 94.9 Å². The fraction of sp³-hybridized carbons (Fsp3) is 0.0909. The van der Waals surface area contributed by atoms with Gasteiger partial charge in [-0.1, -0.05) is 0 Å². The molecule has 17 heavy (non-hydrogen) atoms. The van der Waals surface area contributed by atoms with Crippen LogP contribution in [-0.2, 0) is 4.79 Å². The average molecular weight is 238 g/mol. The molecule has 1 amide bonds. The predicted octanol–water partition coefficient (Wildman–Crippen LogP) is 2.59. The maximum atomic E-state index is 11.8. The summed E-state index contributed by atoms with van der Waals surface area (Å²) in [4.78, 5) is 15.1. The molecule has 1 N–H and O–H groups in total. The number of anilines is 1. The van der Waals surface area contributed by atoms with Gasteiger partial charge in [-0.3, -0.25) is 4.79 Å². The van der Waals surface area contributed by atoms with Crippen LogP contribution >= 0.6 is 0 Å². The molecule has 0 saturated heterocycles. The molecule has 2 rings (SSSR count). The number of benzene rings is 1. The summed E-state index contributed by atoms with van der Waals surface area (Å²) in [5.41, 5.74) is 1.64. The lowest BCUT2D eigenvalue weighted by Gasteiger charge is -2.00. The minimum Gasteiger partial charge on any atom is -0.443 e. The Kier molecular flexibility index (Phi) is 3.13. The highest BCUT2D eigenvalue weighted by Gasteiger charge is 2.03. The minimum atomic E-state index is -2.64. The zero-order valence-corrected chi connectivity index (χ0v) is 8.56. The lowest BCUT2D eigenvalue weighted by Crippen LogP contribution is -2.08. The molecule has 0 aliphatic heterocycles. The highest BCUT2D eigenvalue weighted by molar-refractivity contribution is 6.00. The smallest absolute Gasteiger partial charge is 0.257 e. The Morgan fingerprint density at radius 2 is 2.29 bits per heavy atom. The van der Waals surface area contributed by atoms with Gasteiger partial charge < -0.3 is 9.73 Å². The summed E-state index contributed by atoms with van der Waals surface area (Å²) in [5.74, 6) is -0.617. The summed E-state index contributed by atoms with van der Waals surface area (Å²) in [5, 5.41) is 2.44. The van der Waals surface area contributed by atoms with Gasteiger partial charge in [0, 0.05) is 11.8 Å². The van der Waals surface area contributed by atoms with E-state index in [1.807, 2.05) is 0 Å². The number of hydrogen-bond acceptors (Lipinski definition) is 3. The van der Waals surface area contributed by atoms with Crippen molar-refractivity contribution in [2.45, 2.75) is 6.43 Å². The number of nitrogens with zero attached hydrogens (tertiary/aromatic N) is 1. The number of fused-ring (bicyclic) bond motifs is 1. The molecule has 0 aliphatic carbocycles. The second kappa shape index (κ2) is 4.73. The molecule has 0 unspecified atom stereocenters. The van der Waals surface area contributed by atoms with E-state index in [9.17, 15) is 13.6 Å². The fourth-order valence-corrected chi connectivity index (χ4v) is 1.28. The van der Waals surface area contributed by atoms with Crippen LogP contribution in [0.2, 0.25) is 0 Å². The molecular weight excluding hydrogens is 230 g/mol. The van der Waals surface area contributed by atoms with Crippen molar-refractivity contribution in [2.24, 2.45) is 0 Å². The van der Waals surface area contributed by atoms with Gasteiger partial charge in [0.15, 0.2) is 12.0 Å². The fourth-order valence-electron chi connectivity index (χ4n) is 1.28. The van der Waals surface area contributed by atoms with Crippen LogP contribution in [0, 0.1) is 0 Å². The van der Waals surface area contributed by atoms with E-state index in [1.165, 1.54) is 6.39 Å². The van der Waals surface area contributed by atoms with Crippen molar-refractivity contribution in [3.05, 3.63) is 36.7 Å². The number of carbonyl (C=O) groups excluding carboxylic acids is 1. The van der Waals surface area contributed by atoms with Crippen molar-refractivity contribution >= 4 is 22.7 Å². The SMILES string of the molecule is O=C(/C=C/C(F)F)Nc1ccc2ocnc2c1. The molecule has 6 heteroatoms. The van der Waals surface area contributed by atoms with Crippen LogP contribution in [-0.4, -0.2) is 17.3 Å². The Morgan fingerprint density at radius 3 is 3.06 bits per heavy atom. The van der Waals surface area contributed by atoms with Gasteiger partial charge in [0.25, 0.3) is 6.43 Å². The maximum absolute atomic E-state index is 11.8. The van der Waals surface area contributed by atoms with Crippen LogP contribution in [0.5, 0.6) is 0 Å². The zero-order chi connectivity index (χ0) is 12.3. The van der Waals surface area contributed by atoms with Gasteiger partial charge in [0.05, 0.1) is 0 Å². The van der Waals surface area contributed by atoms with Gasteiger partial charge in [-0.25, -0.2) is 13.8 Å². The molecule has 0 fully saturated rings. The first-order chi connectivity index (χ1) is 8.15. The summed E-state index contributed by atoms with van der Waals surface area (Å²) in [6, 6.07) is 4.82. The number of halogens is 2. The zero-order valence-electron chi connectivity index (χ0n) is 8.56. The highest BCUT2D eigenvalue weighted by Crippen LogP contribution is 2.17. The predicted molar refractivity (Wildman–Crippen MR) is 57.8 cm³/mol. The lowest BCUT2D eigenvalue weighted by atomic mass is 10.3. The molecule has 4 nitrogen and oxygen atoms in total. The van der Waals surface area contributed by atoms with Crippen LogP contribution in [0.25, 0.3) is 11.1 Å². The van der Waals surface area contributed by atoms with Crippen molar-refractivity contribution in [2.75, 3.05) is 5.32 Å². The van der Waals surface area contributed by atoms with E-state index >= 15 is 0 Å². The van der Waals surface area contributed by atoms with Gasteiger partial charge in [-0.05, 0) is 24.3 Å². The molecular formula is C11H8F2N2O2. The topological polar surface area (TPSA) is 55.1 Å². The molecule has 2 aromatic rings. The van der Waals surface area contributed by atoms with Gasteiger partial charge in [0.2, 0.25) is 5.91 Å². The molecule has 1 aromatic heterocycles. The molecule has 0 bridgehead atoms. The van der Waals surface area contributed by atoms with E-state index in [1.54, 1.807) is 18.2 Å². The molecule has 0 spiro atoms. The highest BCUT2D eigenvalue weighted by atomic mass is 19.3. The molecule has 0 atom stereocenters. The van der Waals surface area contributed by atoms with E-state index in [0.29, 0.717) is 22.9 Å². The van der Waals surface area contributed by atoms with Crippen molar-refractivity contribution in [3.63, 3.8) is 0 Å². The van der Waals surface area contributed by atoms with Gasteiger partial charge in [0.1, 0.15) is 5.52 Å². The number of allylic oxidation sites excluding steroid dienone is 1. The van der Waals surface area contributed by atoms with Crippen LogP contribution in [0.1, 0.15) is 0 Å². The van der Waals surface area contributed by atoms with E-state index in [-0.39, 0.29) is 0 Å². The Morgan fingerprint density at radius 1 is 1.47 bits per heavy atom. The van der Waals surface area contributed by atoms with Crippen LogP contribution < -0.4 is 5.32 Å². The van der Waals surface area contributed by atoms with E-state index in [2.05, 4.69) is 10.3 Å². The average Bonchev–Trinajstić information content (AvgIpc) is 2.73. The number of amides is 1. The Bertz CT molecular complexity index is 563. The second-order valence-corrected chi connectivity index (χ2v) is 3.22. The van der Waals surface area contributed by atoms with Gasteiger partial charge in [-0.2, -0.15) is 0 Å². The van der Waals surface area contributed by atoms with Gasteiger partial charge >= 0.3 is 0 Å². The summed E-state index contributed by atoms with van der Waals surface area (Å²) >= 11 is 0.